The van der Waals surface area contributed by atoms with Gasteiger partial charge in [-0.25, -0.2) is 0 Å². The van der Waals surface area contributed by atoms with E-state index in [1.807, 2.05) is 0 Å². The van der Waals surface area contributed by atoms with Crippen molar-refractivity contribution >= 4 is 38.0 Å². The van der Waals surface area contributed by atoms with Crippen molar-refractivity contribution in [2.24, 2.45) is 0 Å². The normalized spacial score (nSPS) is 11.8. The van der Waals surface area contributed by atoms with Crippen molar-refractivity contribution in [3.8, 4) is 22.9 Å². The van der Waals surface area contributed by atoms with E-state index < -0.39 is 16.1 Å². The number of rotatable bonds is 0. The summed E-state index contributed by atoms with van der Waals surface area (Å²) in [7, 11) is -2.73. The molecule has 1 heterocycles. The van der Waals surface area contributed by atoms with Gasteiger partial charge < -0.3 is 4.98 Å². The van der Waals surface area contributed by atoms with E-state index in [1.54, 1.807) is 0 Å². The first-order chi connectivity index (χ1) is 11.6. The van der Waals surface area contributed by atoms with Crippen LogP contribution < -0.4 is 0 Å². The van der Waals surface area contributed by atoms with E-state index in [4.69, 9.17) is 0 Å². The summed E-state index contributed by atoms with van der Waals surface area (Å²) in [6, 6.07) is 12.9. The highest BCUT2D eigenvalue weighted by Crippen LogP contribution is 2.27. The molecule has 3 aromatic rings. The van der Waals surface area contributed by atoms with Gasteiger partial charge in [0.05, 0.1) is 0 Å². The second-order valence-corrected chi connectivity index (χ2v) is 18.1. The van der Waals surface area contributed by atoms with Crippen LogP contribution in [0.15, 0.2) is 36.4 Å². The van der Waals surface area contributed by atoms with Crippen molar-refractivity contribution in [2.75, 3.05) is 0 Å². The molecule has 0 bridgehead atoms. The maximum atomic E-state index is 3.50. The summed E-state index contributed by atoms with van der Waals surface area (Å²) in [6.45, 7) is 13.6. The standard InChI is InChI=1S/C22H25NSi2/c1-24(2,3)13-11-17-7-9-21-19(15-17)20-16-18(8-10-22(20)23-21)12-14-25(4,5)6/h7-10,15-16,23H,1-6H3. The number of fused-ring (bicyclic) bond motifs is 3. The van der Waals surface area contributed by atoms with Crippen LogP contribution in [0.2, 0.25) is 39.3 Å². The van der Waals surface area contributed by atoms with Gasteiger partial charge in [-0.3, -0.25) is 0 Å². The third-order valence-corrected chi connectivity index (χ3v) is 5.51. The molecule has 0 aliphatic rings. The molecule has 1 aromatic heterocycles. The van der Waals surface area contributed by atoms with Gasteiger partial charge in [0.1, 0.15) is 16.1 Å². The Bertz CT molecular complexity index is 982. The number of hydrogen-bond acceptors (Lipinski definition) is 0. The second kappa shape index (κ2) is 6.26. The quantitative estimate of drug-likeness (QED) is 0.387. The van der Waals surface area contributed by atoms with E-state index >= 15 is 0 Å². The van der Waals surface area contributed by atoms with Crippen molar-refractivity contribution in [3.63, 3.8) is 0 Å². The van der Waals surface area contributed by atoms with Gasteiger partial charge in [-0.15, -0.1) is 11.1 Å². The maximum Gasteiger partial charge on any atom is 0.129 e. The van der Waals surface area contributed by atoms with Crippen molar-refractivity contribution in [2.45, 2.75) is 39.3 Å². The molecule has 0 fully saturated rings. The van der Waals surface area contributed by atoms with E-state index in [0.29, 0.717) is 0 Å². The number of benzene rings is 2. The van der Waals surface area contributed by atoms with Gasteiger partial charge in [-0.2, -0.15) is 0 Å². The molecule has 3 rings (SSSR count). The Morgan fingerprint density at radius 3 is 1.40 bits per heavy atom. The lowest BCUT2D eigenvalue weighted by Gasteiger charge is -2.03. The molecular formula is C22H25NSi2. The molecule has 1 nitrogen and oxygen atoms in total. The van der Waals surface area contributed by atoms with Crippen LogP contribution in [0.5, 0.6) is 0 Å². The molecule has 3 heteroatoms. The highest BCUT2D eigenvalue weighted by Gasteiger charge is 2.09. The first-order valence-corrected chi connectivity index (χ1v) is 15.7. The van der Waals surface area contributed by atoms with Crippen LogP contribution in [0.4, 0.5) is 0 Å². The minimum atomic E-state index is -1.37. The molecule has 0 radical (unpaired) electrons. The zero-order valence-corrected chi connectivity index (χ0v) is 18.0. The van der Waals surface area contributed by atoms with Crippen LogP contribution in [0.3, 0.4) is 0 Å². The van der Waals surface area contributed by atoms with Gasteiger partial charge in [-0.05, 0) is 36.4 Å². The summed E-state index contributed by atoms with van der Waals surface area (Å²) < 4.78 is 0. The van der Waals surface area contributed by atoms with E-state index in [2.05, 4.69) is 104 Å². The van der Waals surface area contributed by atoms with Crippen LogP contribution in [-0.2, 0) is 0 Å². The second-order valence-electron chi connectivity index (χ2n) is 8.65. The fraction of sp³-hybridized carbons (Fsp3) is 0.273. The van der Waals surface area contributed by atoms with Crippen LogP contribution in [0.1, 0.15) is 11.1 Å². The van der Waals surface area contributed by atoms with Crippen molar-refractivity contribution in [1.29, 1.82) is 0 Å². The van der Waals surface area contributed by atoms with Gasteiger partial charge in [0, 0.05) is 32.9 Å². The van der Waals surface area contributed by atoms with Gasteiger partial charge in [-0.1, -0.05) is 51.1 Å². The molecule has 0 aliphatic heterocycles. The van der Waals surface area contributed by atoms with Crippen LogP contribution in [-0.4, -0.2) is 21.1 Å². The third-order valence-electron chi connectivity index (χ3n) is 3.76. The Morgan fingerprint density at radius 1 is 0.640 bits per heavy atom. The van der Waals surface area contributed by atoms with Crippen LogP contribution in [0.25, 0.3) is 21.8 Å². The fourth-order valence-electron chi connectivity index (χ4n) is 2.57. The smallest absolute Gasteiger partial charge is 0.129 e. The molecule has 0 atom stereocenters. The predicted octanol–water partition coefficient (Wildman–Crippen LogP) is 5.78. The molecule has 2 aromatic carbocycles. The summed E-state index contributed by atoms with van der Waals surface area (Å²) in [5, 5.41) is 2.46. The van der Waals surface area contributed by atoms with Crippen LogP contribution in [0, 0.1) is 22.9 Å². The zero-order chi connectivity index (χ0) is 18.2. The predicted molar refractivity (Wildman–Crippen MR) is 116 cm³/mol. The molecule has 0 spiro atoms. The third kappa shape index (κ3) is 4.45. The summed E-state index contributed by atoms with van der Waals surface area (Å²) in [6.07, 6.45) is 0. The lowest BCUT2D eigenvalue weighted by molar-refractivity contribution is 1.54. The fourth-order valence-corrected chi connectivity index (χ4v) is 3.61. The number of hydrogen-bond donors (Lipinski definition) is 1. The van der Waals surface area contributed by atoms with Gasteiger partial charge in [0.2, 0.25) is 0 Å². The lowest BCUT2D eigenvalue weighted by atomic mass is 10.1. The Labute approximate surface area is 152 Å². The lowest BCUT2D eigenvalue weighted by Crippen LogP contribution is -2.16. The Morgan fingerprint density at radius 2 is 1.04 bits per heavy atom. The van der Waals surface area contributed by atoms with Gasteiger partial charge in [0.25, 0.3) is 0 Å². The van der Waals surface area contributed by atoms with E-state index in [9.17, 15) is 0 Å². The molecule has 1 N–H and O–H groups in total. The molecule has 126 valence electrons. The average molecular weight is 360 g/mol. The van der Waals surface area contributed by atoms with Gasteiger partial charge >= 0.3 is 0 Å². The summed E-state index contributed by atoms with van der Waals surface area (Å²) in [5.41, 5.74) is 11.4. The average Bonchev–Trinajstić information content (AvgIpc) is 2.87. The minimum absolute atomic E-state index is 1.09. The molecule has 0 aliphatic carbocycles. The molecule has 0 saturated heterocycles. The van der Waals surface area contributed by atoms with E-state index in [-0.39, 0.29) is 0 Å². The Hall–Kier alpha value is -2.21. The molecule has 25 heavy (non-hydrogen) atoms. The van der Waals surface area contributed by atoms with Gasteiger partial charge in [0.15, 0.2) is 0 Å². The Kier molecular flexibility index (Phi) is 4.41. The van der Waals surface area contributed by atoms with Crippen LogP contribution >= 0.6 is 0 Å². The highest BCUT2D eigenvalue weighted by atomic mass is 28.3. The summed E-state index contributed by atoms with van der Waals surface area (Å²) >= 11 is 0. The number of H-pyrrole nitrogens is 1. The summed E-state index contributed by atoms with van der Waals surface area (Å²) in [5.74, 6) is 6.73. The topological polar surface area (TPSA) is 15.8 Å². The molecular weight excluding hydrogens is 334 g/mol. The number of aromatic amines is 1. The monoisotopic (exact) mass is 359 g/mol. The number of nitrogens with one attached hydrogen (secondary N) is 1. The van der Waals surface area contributed by atoms with Crippen molar-refractivity contribution in [3.05, 3.63) is 47.5 Å². The first-order valence-electron chi connectivity index (χ1n) is 8.73. The van der Waals surface area contributed by atoms with Crippen molar-refractivity contribution < 1.29 is 0 Å². The minimum Gasteiger partial charge on any atom is -0.355 e. The SMILES string of the molecule is C[Si](C)(C)C#Cc1ccc2[nH]c3ccc(C#C[Si](C)(C)C)cc3c2c1. The highest BCUT2D eigenvalue weighted by molar-refractivity contribution is 6.84. The Balaban J connectivity index is 2.12. The first kappa shape index (κ1) is 17.6. The molecule has 0 unspecified atom stereocenters. The molecule has 0 amide bonds. The van der Waals surface area contributed by atoms with Crippen molar-refractivity contribution in [1.82, 2.24) is 4.98 Å². The zero-order valence-electron chi connectivity index (χ0n) is 16.0. The summed E-state index contributed by atoms with van der Waals surface area (Å²) in [4.78, 5) is 3.50. The largest absolute Gasteiger partial charge is 0.355 e. The number of aromatic nitrogens is 1. The van der Waals surface area contributed by atoms with E-state index in [0.717, 1.165) is 22.2 Å². The maximum absolute atomic E-state index is 3.50. The molecule has 0 saturated carbocycles. The van der Waals surface area contributed by atoms with E-state index in [1.165, 1.54) is 10.8 Å².